The molecule has 1 aliphatic heterocycles. The average molecular weight is 376 g/mol. The van der Waals surface area contributed by atoms with E-state index in [1.54, 1.807) is 0 Å². The van der Waals surface area contributed by atoms with Gasteiger partial charge in [-0.15, -0.1) is 0 Å². The van der Waals surface area contributed by atoms with Crippen molar-refractivity contribution in [2.24, 2.45) is 5.92 Å². The molecule has 0 saturated heterocycles. The maximum atomic E-state index is 3.89. The summed E-state index contributed by atoms with van der Waals surface area (Å²) in [5.74, 6) is 1.10. The summed E-state index contributed by atoms with van der Waals surface area (Å²) in [5, 5.41) is 6.52. The van der Waals surface area contributed by atoms with Gasteiger partial charge in [0.25, 0.3) is 0 Å². The molecule has 3 aromatic carbocycles. The Balaban J connectivity index is 1.71. The number of hydrogen-bond acceptors (Lipinski definition) is 1. The summed E-state index contributed by atoms with van der Waals surface area (Å²) < 4.78 is 1.15. The second-order valence-corrected chi connectivity index (χ2v) is 7.70. The van der Waals surface area contributed by atoms with Crippen LogP contribution in [0.15, 0.2) is 77.3 Å². The molecule has 0 unspecified atom stereocenters. The fourth-order valence-electron chi connectivity index (χ4n) is 4.37. The summed E-state index contributed by atoms with van der Waals surface area (Å²) in [6.45, 7) is 0. The van der Waals surface area contributed by atoms with Gasteiger partial charge in [0, 0.05) is 21.5 Å². The van der Waals surface area contributed by atoms with Crippen molar-refractivity contribution >= 4 is 32.4 Å². The molecule has 0 aromatic heterocycles. The van der Waals surface area contributed by atoms with Gasteiger partial charge < -0.3 is 5.32 Å². The van der Waals surface area contributed by atoms with E-state index in [4.69, 9.17) is 0 Å². The second kappa shape index (κ2) is 5.49. The predicted octanol–water partition coefficient (Wildman–Crippen LogP) is 6.43. The van der Waals surface area contributed by atoms with Crippen LogP contribution in [-0.2, 0) is 0 Å². The van der Waals surface area contributed by atoms with E-state index < -0.39 is 0 Å². The topological polar surface area (TPSA) is 12.0 Å². The van der Waals surface area contributed by atoms with E-state index in [0.717, 1.165) is 10.9 Å². The Morgan fingerprint density at radius 2 is 1.88 bits per heavy atom. The molecule has 0 bridgehead atoms. The van der Waals surface area contributed by atoms with Gasteiger partial charge >= 0.3 is 0 Å². The summed E-state index contributed by atoms with van der Waals surface area (Å²) in [6, 6.07) is 22.3. The Morgan fingerprint density at radius 3 is 2.79 bits per heavy atom. The summed E-state index contributed by atoms with van der Waals surface area (Å²) in [5.41, 5.74) is 4.12. The lowest BCUT2D eigenvalue weighted by Crippen LogP contribution is -2.29. The molecule has 0 saturated carbocycles. The van der Waals surface area contributed by atoms with Crippen LogP contribution in [0.3, 0.4) is 0 Å². The molecule has 24 heavy (non-hydrogen) atoms. The van der Waals surface area contributed by atoms with E-state index in [2.05, 4.69) is 94.1 Å². The summed E-state index contributed by atoms with van der Waals surface area (Å²) in [4.78, 5) is 0. The predicted molar refractivity (Wildman–Crippen MR) is 104 cm³/mol. The van der Waals surface area contributed by atoms with Gasteiger partial charge in [-0.3, -0.25) is 0 Å². The van der Waals surface area contributed by atoms with Crippen LogP contribution < -0.4 is 5.32 Å². The monoisotopic (exact) mass is 375 g/mol. The van der Waals surface area contributed by atoms with Crippen molar-refractivity contribution in [1.29, 1.82) is 0 Å². The molecule has 2 heteroatoms. The van der Waals surface area contributed by atoms with Gasteiger partial charge in [0.2, 0.25) is 0 Å². The van der Waals surface area contributed by atoms with Gasteiger partial charge in [-0.1, -0.05) is 76.6 Å². The molecule has 1 aliphatic carbocycles. The van der Waals surface area contributed by atoms with Gasteiger partial charge in [-0.05, 0) is 41.0 Å². The number of benzene rings is 3. The number of halogens is 1. The van der Waals surface area contributed by atoms with Crippen LogP contribution in [0.5, 0.6) is 0 Å². The maximum Gasteiger partial charge on any atom is 0.0554 e. The number of rotatable bonds is 1. The summed E-state index contributed by atoms with van der Waals surface area (Å²) in [6.07, 6.45) is 5.90. The van der Waals surface area contributed by atoms with E-state index >= 15 is 0 Å². The number of hydrogen-bond donors (Lipinski definition) is 1. The highest BCUT2D eigenvalue weighted by Gasteiger charge is 2.38. The quantitative estimate of drug-likeness (QED) is 0.483. The molecule has 1 nitrogen and oxygen atoms in total. The fourth-order valence-corrected chi connectivity index (χ4v) is 4.79. The zero-order chi connectivity index (χ0) is 16.1. The van der Waals surface area contributed by atoms with Gasteiger partial charge in [-0.2, -0.15) is 0 Å². The highest BCUT2D eigenvalue weighted by atomic mass is 79.9. The molecule has 0 amide bonds. The summed E-state index contributed by atoms with van der Waals surface area (Å²) in [7, 11) is 0. The van der Waals surface area contributed by atoms with Gasteiger partial charge in [0.05, 0.1) is 6.04 Å². The van der Waals surface area contributed by atoms with Gasteiger partial charge in [0.1, 0.15) is 0 Å². The van der Waals surface area contributed by atoms with Crippen molar-refractivity contribution in [3.8, 4) is 0 Å². The molecule has 0 radical (unpaired) electrons. The molecule has 1 heterocycles. The molecule has 3 atom stereocenters. The average Bonchev–Trinajstić information content (AvgIpc) is 3.10. The van der Waals surface area contributed by atoms with Crippen molar-refractivity contribution in [3.05, 3.63) is 88.4 Å². The minimum Gasteiger partial charge on any atom is -0.377 e. The van der Waals surface area contributed by atoms with Crippen LogP contribution in [0, 0.1) is 5.92 Å². The van der Waals surface area contributed by atoms with Gasteiger partial charge in [-0.25, -0.2) is 0 Å². The molecular formula is C22H18BrN. The van der Waals surface area contributed by atoms with E-state index in [1.807, 2.05) is 0 Å². The Morgan fingerprint density at radius 1 is 0.958 bits per heavy atom. The first kappa shape index (κ1) is 14.3. The number of fused-ring (bicyclic) bond motifs is 5. The zero-order valence-electron chi connectivity index (χ0n) is 13.2. The molecule has 1 N–H and O–H groups in total. The Hall–Kier alpha value is -2.06. The zero-order valence-corrected chi connectivity index (χ0v) is 14.8. The Labute approximate surface area is 150 Å². The Kier molecular flexibility index (Phi) is 3.27. The van der Waals surface area contributed by atoms with Crippen molar-refractivity contribution in [2.75, 3.05) is 5.32 Å². The van der Waals surface area contributed by atoms with Crippen molar-refractivity contribution in [2.45, 2.75) is 18.4 Å². The normalized spacial score (nSPS) is 24.5. The maximum absolute atomic E-state index is 3.89. The van der Waals surface area contributed by atoms with E-state index in [-0.39, 0.29) is 0 Å². The summed E-state index contributed by atoms with van der Waals surface area (Å²) >= 11 is 3.63. The van der Waals surface area contributed by atoms with E-state index in [0.29, 0.717) is 17.9 Å². The van der Waals surface area contributed by atoms with E-state index in [9.17, 15) is 0 Å². The molecule has 5 rings (SSSR count). The van der Waals surface area contributed by atoms with Crippen molar-refractivity contribution < 1.29 is 0 Å². The van der Waals surface area contributed by atoms with E-state index in [1.165, 1.54) is 27.6 Å². The van der Waals surface area contributed by atoms with Crippen LogP contribution in [0.2, 0.25) is 0 Å². The Bertz CT molecular complexity index is 959. The first-order chi connectivity index (χ1) is 11.8. The first-order valence-electron chi connectivity index (χ1n) is 8.51. The molecular weight excluding hydrogens is 358 g/mol. The molecule has 2 aliphatic rings. The lowest BCUT2D eigenvalue weighted by Gasteiger charge is -2.38. The third-order valence-corrected chi connectivity index (χ3v) is 5.96. The van der Waals surface area contributed by atoms with Crippen molar-refractivity contribution in [3.63, 3.8) is 0 Å². The van der Waals surface area contributed by atoms with Crippen LogP contribution >= 0.6 is 15.9 Å². The number of nitrogens with one attached hydrogen (secondary N) is 1. The first-order valence-corrected chi connectivity index (χ1v) is 9.31. The molecule has 118 valence electrons. The second-order valence-electron chi connectivity index (χ2n) is 6.78. The third-order valence-electron chi connectivity index (χ3n) is 5.47. The third kappa shape index (κ3) is 2.13. The van der Waals surface area contributed by atoms with Crippen LogP contribution in [-0.4, -0.2) is 0 Å². The van der Waals surface area contributed by atoms with Crippen LogP contribution in [0.1, 0.15) is 29.5 Å². The molecule has 3 aromatic rings. The minimum atomic E-state index is 0.348. The largest absolute Gasteiger partial charge is 0.377 e. The van der Waals surface area contributed by atoms with Crippen LogP contribution in [0.25, 0.3) is 10.8 Å². The van der Waals surface area contributed by atoms with Crippen molar-refractivity contribution in [1.82, 2.24) is 0 Å². The SMILES string of the molecule is Brc1cccc([C@@H]2Nc3c(ccc4ccccc34)[C@@H]3C=CC[C@@H]32)c1. The molecule has 0 spiro atoms. The fraction of sp³-hybridized carbons (Fsp3) is 0.182. The highest BCUT2D eigenvalue weighted by Crippen LogP contribution is 2.51. The number of allylic oxidation sites excluding steroid dienone is 2. The molecule has 0 fully saturated rings. The van der Waals surface area contributed by atoms with Gasteiger partial charge in [0.15, 0.2) is 0 Å². The van der Waals surface area contributed by atoms with Crippen LogP contribution in [0.4, 0.5) is 5.69 Å². The number of anilines is 1. The minimum absolute atomic E-state index is 0.348. The smallest absolute Gasteiger partial charge is 0.0554 e. The highest BCUT2D eigenvalue weighted by molar-refractivity contribution is 9.10. The lowest BCUT2D eigenvalue weighted by molar-refractivity contribution is 0.426. The lowest BCUT2D eigenvalue weighted by atomic mass is 9.76. The standard InChI is InChI=1S/C22H18BrN/c23-16-7-3-6-15(13-16)21-19-10-4-9-18(19)20-12-11-14-5-1-2-8-17(14)22(20)24-21/h1-9,11-13,18-19,21,24H,10H2/t18-,19+,21+/m1/s1.